The number of piperidine rings is 1. The number of likely N-dealkylation sites (tertiary alicyclic amines) is 1. The molecule has 3 saturated heterocycles. The average molecular weight is 481 g/mol. The molecule has 0 amide bonds. The molecule has 0 bridgehead atoms. The van der Waals surface area contributed by atoms with E-state index in [2.05, 4.69) is 69.6 Å². The summed E-state index contributed by atoms with van der Waals surface area (Å²) in [6.07, 6.45) is 9.20. The zero-order valence-electron chi connectivity index (χ0n) is 20.4. The molecule has 5 N–H and O–H groups in total. The van der Waals surface area contributed by atoms with Gasteiger partial charge in [-0.25, -0.2) is 5.43 Å². The SMILES string of the molecule is C=C1CCC2NN(c3ccc(C4CC4)cc3)C3CCN(C(=C)C4CNC(SC)NC4N)[C@@H](C1)C23. The maximum Gasteiger partial charge on any atom is 0.106 e. The van der Waals surface area contributed by atoms with Crippen LogP contribution in [0, 0.1) is 11.8 Å². The molecule has 7 heteroatoms. The van der Waals surface area contributed by atoms with E-state index < -0.39 is 0 Å². The van der Waals surface area contributed by atoms with E-state index >= 15 is 0 Å². The Bertz CT molecular complexity index is 930. The molecule has 34 heavy (non-hydrogen) atoms. The van der Waals surface area contributed by atoms with E-state index in [0.29, 0.717) is 24.0 Å². The summed E-state index contributed by atoms with van der Waals surface area (Å²) in [4.78, 5) is 2.61. The Hall–Kier alpha value is -1.51. The van der Waals surface area contributed by atoms with E-state index in [0.717, 1.165) is 44.7 Å². The van der Waals surface area contributed by atoms with Gasteiger partial charge >= 0.3 is 0 Å². The Balaban J connectivity index is 1.24. The van der Waals surface area contributed by atoms with Gasteiger partial charge in [-0.15, -0.1) is 11.8 Å². The van der Waals surface area contributed by atoms with Gasteiger partial charge in [0.15, 0.2) is 0 Å². The summed E-state index contributed by atoms with van der Waals surface area (Å²) in [5.74, 6) is 1.57. The third-order valence-corrected chi connectivity index (χ3v) is 9.69. The molecule has 0 radical (unpaired) electrons. The first-order chi connectivity index (χ1) is 16.5. The minimum Gasteiger partial charge on any atom is -0.371 e. The third-order valence-electron chi connectivity index (χ3n) is 8.92. The molecule has 0 aromatic heterocycles. The van der Waals surface area contributed by atoms with Crippen LogP contribution in [0.2, 0.25) is 0 Å². The van der Waals surface area contributed by atoms with Crippen LogP contribution in [-0.2, 0) is 0 Å². The van der Waals surface area contributed by atoms with Crippen molar-refractivity contribution in [2.45, 2.75) is 74.2 Å². The highest BCUT2D eigenvalue weighted by atomic mass is 32.2. The highest BCUT2D eigenvalue weighted by Crippen LogP contribution is 2.45. The van der Waals surface area contributed by atoms with Crippen molar-refractivity contribution in [3.63, 3.8) is 0 Å². The molecular weight excluding hydrogens is 440 g/mol. The number of hydrogen-bond acceptors (Lipinski definition) is 7. The molecule has 3 heterocycles. The molecule has 6 unspecified atom stereocenters. The lowest BCUT2D eigenvalue weighted by Crippen LogP contribution is -2.63. The summed E-state index contributed by atoms with van der Waals surface area (Å²) < 4.78 is 0. The molecule has 6 nitrogen and oxygen atoms in total. The van der Waals surface area contributed by atoms with Crippen LogP contribution in [0.25, 0.3) is 0 Å². The zero-order valence-corrected chi connectivity index (χ0v) is 21.2. The van der Waals surface area contributed by atoms with E-state index in [-0.39, 0.29) is 17.6 Å². The minimum atomic E-state index is -0.0723. The fraction of sp³-hybridized carbons (Fsp3) is 0.630. The lowest BCUT2D eigenvalue weighted by molar-refractivity contribution is 0.0959. The van der Waals surface area contributed by atoms with Gasteiger partial charge in [-0.05, 0) is 68.4 Å². The molecule has 2 aliphatic carbocycles. The zero-order chi connectivity index (χ0) is 23.4. The number of nitrogens with two attached hydrogens (primary N) is 1. The molecule has 1 aromatic rings. The van der Waals surface area contributed by atoms with Crippen molar-refractivity contribution in [2.24, 2.45) is 17.6 Å². The first kappa shape index (κ1) is 22.9. The predicted octanol–water partition coefficient (Wildman–Crippen LogP) is 3.31. The van der Waals surface area contributed by atoms with Crippen LogP contribution in [0.5, 0.6) is 0 Å². The van der Waals surface area contributed by atoms with Crippen LogP contribution >= 0.6 is 11.8 Å². The standard InChI is InChI=1S/C27H40N6S/c1-16-4-11-22-25-23(33(31-22)20-9-7-19(8-10-20)18-5-6-18)12-13-32(24(25)14-16)17(2)21-15-29-27(34-3)30-26(21)28/h7-10,18,21-27,29-31H,1-2,4-6,11-15,28H2,3H3/t21?,22?,23?,24-,25?,26?,27?/m0/s1. The molecule has 184 valence electrons. The molecule has 0 spiro atoms. The Labute approximate surface area is 208 Å². The number of hydrazine groups is 1. The van der Waals surface area contributed by atoms with Crippen molar-refractivity contribution in [1.29, 1.82) is 0 Å². The van der Waals surface area contributed by atoms with Gasteiger partial charge < -0.3 is 15.6 Å². The Morgan fingerprint density at radius 2 is 1.91 bits per heavy atom. The maximum absolute atomic E-state index is 6.59. The number of hydrogen-bond donors (Lipinski definition) is 4. The van der Waals surface area contributed by atoms with E-state index in [1.807, 2.05) is 0 Å². The molecule has 5 aliphatic rings. The van der Waals surface area contributed by atoms with Gasteiger partial charge in [0.1, 0.15) is 5.50 Å². The summed E-state index contributed by atoms with van der Waals surface area (Å²) in [7, 11) is 0. The Morgan fingerprint density at radius 1 is 1.12 bits per heavy atom. The van der Waals surface area contributed by atoms with Gasteiger partial charge in [-0.2, -0.15) is 0 Å². The predicted molar refractivity (Wildman–Crippen MR) is 142 cm³/mol. The molecule has 1 aromatic carbocycles. The maximum atomic E-state index is 6.59. The first-order valence-corrected chi connectivity index (χ1v) is 14.4. The highest BCUT2D eigenvalue weighted by molar-refractivity contribution is 7.99. The normalized spacial score (nSPS) is 37.9. The molecule has 7 atom stereocenters. The minimum absolute atomic E-state index is 0.0723. The number of nitrogens with zero attached hydrogens (tertiary/aromatic N) is 2. The Kier molecular flexibility index (Phi) is 6.18. The van der Waals surface area contributed by atoms with Crippen molar-refractivity contribution in [3.8, 4) is 0 Å². The van der Waals surface area contributed by atoms with E-state index in [1.54, 1.807) is 11.8 Å². The summed E-state index contributed by atoms with van der Waals surface area (Å²) in [5.41, 5.74) is 16.2. The molecule has 5 fully saturated rings. The quantitative estimate of drug-likeness (QED) is 0.482. The molecular formula is C27H40N6S. The highest BCUT2D eigenvalue weighted by Gasteiger charge is 2.52. The van der Waals surface area contributed by atoms with Crippen molar-refractivity contribution in [1.82, 2.24) is 21.0 Å². The number of nitrogens with one attached hydrogen (secondary N) is 3. The smallest absolute Gasteiger partial charge is 0.106 e. The van der Waals surface area contributed by atoms with Crippen LogP contribution in [0.4, 0.5) is 5.69 Å². The molecule has 6 rings (SSSR count). The summed E-state index contributed by atoms with van der Waals surface area (Å²) in [5, 5.41) is 9.60. The second-order valence-corrected chi connectivity index (χ2v) is 11.9. The van der Waals surface area contributed by atoms with Crippen molar-refractivity contribution in [3.05, 3.63) is 54.3 Å². The fourth-order valence-electron chi connectivity index (χ4n) is 6.90. The van der Waals surface area contributed by atoms with Gasteiger partial charge in [0, 0.05) is 42.7 Å². The van der Waals surface area contributed by atoms with Gasteiger partial charge in [-0.3, -0.25) is 10.6 Å². The average Bonchev–Trinajstić information content (AvgIpc) is 3.65. The summed E-state index contributed by atoms with van der Waals surface area (Å²) in [6, 6.07) is 10.8. The van der Waals surface area contributed by atoms with E-state index in [1.165, 1.54) is 35.4 Å². The van der Waals surface area contributed by atoms with Gasteiger partial charge in [-0.1, -0.05) is 30.9 Å². The van der Waals surface area contributed by atoms with E-state index in [4.69, 9.17) is 5.73 Å². The molecule has 2 saturated carbocycles. The van der Waals surface area contributed by atoms with Crippen molar-refractivity contribution >= 4 is 17.4 Å². The number of rotatable bonds is 5. The largest absolute Gasteiger partial charge is 0.371 e. The summed E-state index contributed by atoms with van der Waals surface area (Å²) in [6.45, 7) is 11.0. The first-order valence-electron chi connectivity index (χ1n) is 13.1. The van der Waals surface area contributed by atoms with Crippen molar-refractivity contribution < 1.29 is 0 Å². The van der Waals surface area contributed by atoms with Crippen LogP contribution in [0.15, 0.2) is 48.7 Å². The van der Waals surface area contributed by atoms with Crippen LogP contribution in [0.3, 0.4) is 0 Å². The Morgan fingerprint density at radius 3 is 2.62 bits per heavy atom. The number of anilines is 1. The number of benzene rings is 1. The third kappa shape index (κ3) is 4.09. The summed E-state index contributed by atoms with van der Waals surface area (Å²) >= 11 is 1.76. The monoisotopic (exact) mass is 480 g/mol. The number of thioether (sulfide) groups is 1. The van der Waals surface area contributed by atoms with Crippen LogP contribution in [0.1, 0.15) is 50.0 Å². The second-order valence-electron chi connectivity index (χ2n) is 11.0. The van der Waals surface area contributed by atoms with Crippen molar-refractivity contribution in [2.75, 3.05) is 24.4 Å². The molecule has 3 aliphatic heterocycles. The second kappa shape index (κ2) is 9.17. The lowest BCUT2D eigenvalue weighted by atomic mass is 9.79. The van der Waals surface area contributed by atoms with Gasteiger partial charge in [0.2, 0.25) is 0 Å². The van der Waals surface area contributed by atoms with E-state index in [9.17, 15) is 0 Å². The van der Waals surface area contributed by atoms with Gasteiger partial charge in [0.25, 0.3) is 0 Å². The van der Waals surface area contributed by atoms with Crippen LogP contribution in [-0.4, -0.2) is 54.0 Å². The lowest BCUT2D eigenvalue weighted by Gasteiger charge is -2.49. The fourth-order valence-corrected chi connectivity index (χ4v) is 7.46. The van der Waals surface area contributed by atoms with Gasteiger partial charge in [0.05, 0.1) is 17.9 Å². The topological polar surface area (TPSA) is 68.6 Å². The van der Waals surface area contributed by atoms with Crippen LogP contribution < -0.4 is 26.8 Å².